The highest BCUT2D eigenvalue weighted by Crippen LogP contribution is 2.37. The fraction of sp³-hybridized carbons (Fsp3) is 1.00. The van der Waals surface area contributed by atoms with Crippen molar-refractivity contribution in [3.8, 4) is 0 Å². The van der Waals surface area contributed by atoms with Crippen LogP contribution in [0.1, 0.15) is 59.3 Å². The Hall–Kier alpha value is -0.0800. The number of nitrogens with one attached hydrogen (secondary N) is 1. The molecule has 1 fully saturated rings. The van der Waals surface area contributed by atoms with Crippen LogP contribution in [0.3, 0.4) is 0 Å². The van der Waals surface area contributed by atoms with Gasteiger partial charge in [0.05, 0.1) is 0 Å². The molecule has 17 heavy (non-hydrogen) atoms. The summed E-state index contributed by atoms with van der Waals surface area (Å²) in [5, 5.41) is 3.64. The lowest BCUT2D eigenvalue weighted by molar-refractivity contribution is 0.00274. The van der Waals surface area contributed by atoms with Crippen molar-refractivity contribution in [3.05, 3.63) is 0 Å². The van der Waals surface area contributed by atoms with Gasteiger partial charge in [0, 0.05) is 19.8 Å². The maximum absolute atomic E-state index is 5.54. The minimum Gasteiger partial charge on any atom is -0.381 e. The van der Waals surface area contributed by atoms with Gasteiger partial charge in [0.15, 0.2) is 0 Å². The molecule has 1 rings (SSSR count). The fourth-order valence-electron chi connectivity index (χ4n) is 3.12. The third-order valence-electron chi connectivity index (χ3n) is 4.04. The second-order valence-electron chi connectivity index (χ2n) is 5.89. The SMILES string of the molecule is CCCNCC1(CC(C)CCC)CCOCC1. The van der Waals surface area contributed by atoms with E-state index in [0.717, 1.165) is 25.7 Å². The van der Waals surface area contributed by atoms with E-state index in [0.29, 0.717) is 5.41 Å². The maximum Gasteiger partial charge on any atom is 0.0471 e. The van der Waals surface area contributed by atoms with E-state index in [1.54, 1.807) is 0 Å². The van der Waals surface area contributed by atoms with E-state index >= 15 is 0 Å². The van der Waals surface area contributed by atoms with Gasteiger partial charge < -0.3 is 10.1 Å². The van der Waals surface area contributed by atoms with Gasteiger partial charge in [-0.15, -0.1) is 0 Å². The van der Waals surface area contributed by atoms with Crippen molar-refractivity contribution in [1.29, 1.82) is 0 Å². The summed E-state index contributed by atoms with van der Waals surface area (Å²) in [5.41, 5.74) is 0.516. The van der Waals surface area contributed by atoms with Gasteiger partial charge in [0.2, 0.25) is 0 Å². The molecule has 0 aromatic heterocycles. The summed E-state index contributed by atoms with van der Waals surface area (Å²) in [6.07, 6.45) is 7.79. The summed E-state index contributed by atoms with van der Waals surface area (Å²) >= 11 is 0. The van der Waals surface area contributed by atoms with Crippen LogP contribution in [0.2, 0.25) is 0 Å². The Morgan fingerprint density at radius 1 is 1.18 bits per heavy atom. The lowest BCUT2D eigenvalue weighted by Gasteiger charge is -2.39. The van der Waals surface area contributed by atoms with Gasteiger partial charge in [0.25, 0.3) is 0 Å². The first-order chi connectivity index (χ1) is 8.22. The largest absolute Gasteiger partial charge is 0.381 e. The van der Waals surface area contributed by atoms with E-state index in [4.69, 9.17) is 4.74 Å². The Morgan fingerprint density at radius 3 is 2.47 bits per heavy atom. The van der Waals surface area contributed by atoms with Gasteiger partial charge in [0.1, 0.15) is 0 Å². The van der Waals surface area contributed by atoms with Crippen molar-refractivity contribution in [2.45, 2.75) is 59.3 Å². The molecule has 1 aliphatic rings. The minimum absolute atomic E-state index is 0.516. The second kappa shape index (κ2) is 8.10. The quantitative estimate of drug-likeness (QED) is 0.656. The predicted octanol–water partition coefficient (Wildman–Crippen LogP) is 3.61. The summed E-state index contributed by atoms with van der Waals surface area (Å²) in [5.74, 6) is 0.863. The van der Waals surface area contributed by atoms with Gasteiger partial charge >= 0.3 is 0 Å². The van der Waals surface area contributed by atoms with E-state index < -0.39 is 0 Å². The molecule has 1 N–H and O–H groups in total. The standard InChI is InChI=1S/C15H31NO/c1-4-6-14(3)12-15(13-16-9-5-2)7-10-17-11-8-15/h14,16H,4-13H2,1-3H3. The molecule has 0 aromatic rings. The molecule has 0 saturated carbocycles. The molecule has 102 valence electrons. The molecular formula is C15H31NO. The van der Waals surface area contributed by atoms with Crippen LogP contribution in [0.5, 0.6) is 0 Å². The average molecular weight is 241 g/mol. The molecule has 0 aromatic carbocycles. The maximum atomic E-state index is 5.54. The van der Waals surface area contributed by atoms with Crippen LogP contribution < -0.4 is 5.32 Å². The topological polar surface area (TPSA) is 21.3 Å². The molecule has 0 bridgehead atoms. The minimum atomic E-state index is 0.516. The zero-order valence-electron chi connectivity index (χ0n) is 12.1. The van der Waals surface area contributed by atoms with Gasteiger partial charge in [-0.1, -0.05) is 33.6 Å². The predicted molar refractivity (Wildman–Crippen MR) is 74.3 cm³/mol. The van der Waals surface area contributed by atoms with Crippen LogP contribution in [0.25, 0.3) is 0 Å². The normalized spacial score (nSPS) is 21.4. The smallest absolute Gasteiger partial charge is 0.0471 e. The number of ether oxygens (including phenoxy) is 1. The lowest BCUT2D eigenvalue weighted by atomic mass is 9.73. The highest BCUT2D eigenvalue weighted by atomic mass is 16.5. The van der Waals surface area contributed by atoms with E-state index in [2.05, 4.69) is 26.1 Å². The van der Waals surface area contributed by atoms with Crippen LogP contribution in [0.15, 0.2) is 0 Å². The van der Waals surface area contributed by atoms with Crippen LogP contribution in [-0.4, -0.2) is 26.3 Å². The molecule has 0 radical (unpaired) electrons. The molecule has 1 atom stereocenters. The van der Waals surface area contributed by atoms with Crippen molar-refractivity contribution in [2.75, 3.05) is 26.3 Å². The Morgan fingerprint density at radius 2 is 1.88 bits per heavy atom. The van der Waals surface area contributed by atoms with Crippen molar-refractivity contribution in [3.63, 3.8) is 0 Å². The van der Waals surface area contributed by atoms with Crippen LogP contribution in [-0.2, 0) is 4.74 Å². The summed E-state index contributed by atoms with van der Waals surface area (Å²) in [6, 6.07) is 0. The Balaban J connectivity index is 2.45. The van der Waals surface area contributed by atoms with Crippen LogP contribution in [0, 0.1) is 11.3 Å². The zero-order valence-corrected chi connectivity index (χ0v) is 12.1. The third-order valence-corrected chi connectivity index (χ3v) is 4.04. The van der Waals surface area contributed by atoms with Gasteiger partial charge in [-0.05, 0) is 43.6 Å². The van der Waals surface area contributed by atoms with Crippen LogP contribution >= 0.6 is 0 Å². The molecule has 0 spiro atoms. The molecule has 1 unspecified atom stereocenters. The molecule has 1 saturated heterocycles. The molecule has 2 nitrogen and oxygen atoms in total. The monoisotopic (exact) mass is 241 g/mol. The Kier molecular flexibility index (Phi) is 7.14. The third kappa shape index (κ3) is 5.39. The van der Waals surface area contributed by atoms with E-state index in [1.807, 2.05) is 0 Å². The molecule has 0 amide bonds. The Labute approximate surface area is 108 Å². The summed E-state index contributed by atoms with van der Waals surface area (Å²) in [6.45, 7) is 11.2. The second-order valence-corrected chi connectivity index (χ2v) is 5.89. The highest BCUT2D eigenvalue weighted by Gasteiger charge is 2.33. The first-order valence-corrected chi connectivity index (χ1v) is 7.51. The Bertz CT molecular complexity index is 187. The first-order valence-electron chi connectivity index (χ1n) is 7.51. The molecule has 1 heterocycles. The van der Waals surface area contributed by atoms with Gasteiger partial charge in [-0.2, -0.15) is 0 Å². The van der Waals surface area contributed by atoms with Crippen molar-refractivity contribution >= 4 is 0 Å². The zero-order chi connectivity index (χ0) is 12.6. The summed E-state index contributed by atoms with van der Waals surface area (Å²) < 4.78 is 5.54. The molecule has 0 aliphatic carbocycles. The van der Waals surface area contributed by atoms with Gasteiger partial charge in [-0.25, -0.2) is 0 Å². The van der Waals surface area contributed by atoms with E-state index in [1.165, 1.54) is 45.1 Å². The summed E-state index contributed by atoms with van der Waals surface area (Å²) in [7, 11) is 0. The first kappa shape index (κ1) is 15.0. The average Bonchev–Trinajstić information content (AvgIpc) is 2.30. The van der Waals surface area contributed by atoms with Crippen molar-refractivity contribution < 1.29 is 4.74 Å². The number of rotatable bonds is 8. The van der Waals surface area contributed by atoms with E-state index in [-0.39, 0.29) is 0 Å². The van der Waals surface area contributed by atoms with Crippen molar-refractivity contribution in [1.82, 2.24) is 5.32 Å². The number of hydrogen-bond donors (Lipinski definition) is 1. The van der Waals surface area contributed by atoms with Crippen LogP contribution in [0.4, 0.5) is 0 Å². The van der Waals surface area contributed by atoms with E-state index in [9.17, 15) is 0 Å². The van der Waals surface area contributed by atoms with Crippen molar-refractivity contribution in [2.24, 2.45) is 11.3 Å². The highest BCUT2D eigenvalue weighted by molar-refractivity contribution is 4.85. The lowest BCUT2D eigenvalue weighted by Crippen LogP contribution is -2.40. The van der Waals surface area contributed by atoms with Gasteiger partial charge in [-0.3, -0.25) is 0 Å². The molecule has 2 heteroatoms. The molecule has 1 aliphatic heterocycles. The number of hydrogen-bond acceptors (Lipinski definition) is 2. The fourth-order valence-corrected chi connectivity index (χ4v) is 3.12. The molecular weight excluding hydrogens is 210 g/mol. The summed E-state index contributed by atoms with van der Waals surface area (Å²) in [4.78, 5) is 0.